The molecule has 9 heteroatoms. The lowest BCUT2D eigenvalue weighted by atomic mass is 10.1. The van der Waals surface area contributed by atoms with Crippen molar-refractivity contribution in [2.75, 3.05) is 31.0 Å². The first-order valence-corrected chi connectivity index (χ1v) is 11.0. The fourth-order valence-corrected chi connectivity index (χ4v) is 4.45. The smallest absolute Gasteiger partial charge is 0.261 e. The molecule has 0 bridgehead atoms. The van der Waals surface area contributed by atoms with Crippen molar-refractivity contribution < 1.29 is 19.1 Å². The van der Waals surface area contributed by atoms with Gasteiger partial charge in [0.2, 0.25) is 11.0 Å². The summed E-state index contributed by atoms with van der Waals surface area (Å²) in [4.78, 5) is 27.1. The van der Waals surface area contributed by atoms with Gasteiger partial charge in [-0.1, -0.05) is 17.4 Å². The number of methoxy groups -OCH3 is 2. The largest absolute Gasteiger partial charge is 0.497 e. The molecule has 0 radical (unpaired) electrons. The first-order valence-electron chi connectivity index (χ1n) is 10.1. The quantitative estimate of drug-likeness (QED) is 0.609. The molecular weight excluding hydrogens is 428 g/mol. The highest BCUT2D eigenvalue weighted by Crippen LogP contribution is 2.35. The average Bonchev–Trinajstić information content (AvgIpc) is 3.41. The first kappa shape index (κ1) is 21.8. The fourth-order valence-electron chi connectivity index (χ4n) is 3.62. The van der Waals surface area contributed by atoms with E-state index in [-0.39, 0.29) is 17.7 Å². The Balaban J connectivity index is 1.47. The number of amides is 2. The fraction of sp³-hybridized carbons (Fsp3) is 0.304. The third kappa shape index (κ3) is 4.29. The molecule has 1 N–H and O–H groups in total. The van der Waals surface area contributed by atoms with Crippen molar-refractivity contribution >= 4 is 34.0 Å². The van der Waals surface area contributed by atoms with Crippen LogP contribution in [0.3, 0.4) is 0 Å². The van der Waals surface area contributed by atoms with Crippen LogP contribution < -0.4 is 19.7 Å². The summed E-state index contributed by atoms with van der Waals surface area (Å²) in [6, 6.07) is 11.0. The Hall–Kier alpha value is -3.46. The Morgan fingerprint density at radius 3 is 2.62 bits per heavy atom. The van der Waals surface area contributed by atoms with Gasteiger partial charge in [-0.05, 0) is 49.2 Å². The van der Waals surface area contributed by atoms with Gasteiger partial charge < -0.3 is 14.4 Å². The molecule has 3 aromatic rings. The van der Waals surface area contributed by atoms with E-state index in [0.29, 0.717) is 35.2 Å². The standard InChI is InChI=1S/C23H24N4O4S/c1-13-5-6-16(9-14(13)2)27-12-15(10-20(27)28)22-25-26-23(32-22)24-21(29)18-8-7-17(30-3)11-19(18)31-4/h5-9,11,15H,10,12H2,1-4H3,(H,24,26,29)/t15-/m0/s1. The topological polar surface area (TPSA) is 93.7 Å². The van der Waals surface area contributed by atoms with Crippen molar-refractivity contribution in [2.24, 2.45) is 0 Å². The average molecular weight is 453 g/mol. The zero-order chi connectivity index (χ0) is 22.8. The summed E-state index contributed by atoms with van der Waals surface area (Å²) in [5.41, 5.74) is 3.59. The SMILES string of the molecule is COc1ccc(C(=O)Nc2nnc([C@H]3CC(=O)N(c4ccc(C)c(C)c4)C3)s2)c(OC)c1. The maximum Gasteiger partial charge on any atom is 0.261 e. The highest BCUT2D eigenvalue weighted by atomic mass is 32.1. The highest BCUT2D eigenvalue weighted by Gasteiger charge is 2.34. The number of rotatable bonds is 6. The van der Waals surface area contributed by atoms with Crippen LogP contribution in [0.25, 0.3) is 0 Å². The van der Waals surface area contributed by atoms with Crippen molar-refractivity contribution in [2.45, 2.75) is 26.2 Å². The number of hydrogen-bond donors (Lipinski definition) is 1. The number of ether oxygens (including phenoxy) is 2. The predicted octanol–water partition coefficient (Wildman–Crippen LogP) is 3.94. The summed E-state index contributed by atoms with van der Waals surface area (Å²) in [6.07, 6.45) is 0.363. The van der Waals surface area contributed by atoms with Gasteiger partial charge in [0.25, 0.3) is 5.91 Å². The van der Waals surface area contributed by atoms with E-state index in [1.165, 1.54) is 24.0 Å². The molecule has 1 aliphatic heterocycles. The molecule has 0 saturated carbocycles. The van der Waals surface area contributed by atoms with E-state index in [0.717, 1.165) is 16.3 Å². The number of anilines is 2. The summed E-state index contributed by atoms with van der Waals surface area (Å²) in [7, 11) is 3.04. The molecule has 0 unspecified atom stereocenters. The number of carbonyl (C=O) groups is 2. The normalized spacial score (nSPS) is 15.7. The molecule has 0 aliphatic carbocycles. The molecule has 1 aliphatic rings. The van der Waals surface area contributed by atoms with Crippen LogP contribution in [-0.4, -0.2) is 42.8 Å². The molecule has 1 atom stereocenters. The maximum absolute atomic E-state index is 12.7. The van der Waals surface area contributed by atoms with Crippen molar-refractivity contribution in [1.82, 2.24) is 10.2 Å². The van der Waals surface area contributed by atoms with Crippen LogP contribution in [0.15, 0.2) is 36.4 Å². The van der Waals surface area contributed by atoms with Gasteiger partial charge in [-0.15, -0.1) is 10.2 Å². The number of aromatic nitrogens is 2. The molecule has 0 spiro atoms. The second kappa shape index (κ2) is 8.96. The zero-order valence-corrected chi connectivity index (χ0v) is 19.2. The minimum Gasteiger partial charge on any atom is -0.497 e. The van der Waals surface area contributed by atoms with Gasteiger partial charge in [-0.3, -0.25) is 14.9 Å². The number of aryl methyl sites for hydroxylation is 2. The Morgan fingerprint density at radius 2 is 1.91 bits per heavy atom. The maximum atomic E-state index is 12.7. The van der Waals surface area contributed by atoms with Gasteiger partial charge in [-0.2, -0.15) is 0 Å². The van der Waals surface area contributed by atoms with Crippen molar-refractivity contribution in [1.29, 1.82) is 0 Å². The Labute approximate surface area is 190 Å². The third-order valence-corrected chi connectivity index (χ3v) is 6.59. The van der Waals surface area contributed by atoms with Crippen molar-refractivity contribution in [3.8, 4) is 11.5 Å². The highest BCUT2D eigenvalue weighted by molar-refractivity contribution is 7.15. The number of nitrogens with one attached hydrogen (secondary N) is 1. The summed E-state index contributed by atoms with van der Waals surface area (Å²) >= 11 is 1.28. The predicted molar refractivity (Wildman–Crippen MR) is 123 cm³/mol. The molecule has 1 saturated heterocycles. The van der Waals surface area contributed by atoms with Crippen LogP contribution in [-0.2, 0) is 4.79 Å². The monoisotopic (exact) mass is 452 g/mol. The zero-order valence-electron chi connectivity index (χ0n) is 18.3. The molecule has 2 amide bonds. The van der Waals surface area contributed by atoms with Crippen LogP contribution in [0.4, 0.5) is 10.8 Å². The molecular formula is C23H24N4O4S. The van der Waals surface area contributed by atoms with Crippen LogP contribution in [0.5, 0.6) is 11.5 Å². The van der Waals surface area contributed by atoms with Gasteiger partial charge in [0.15, 0.2) is 0 Å². The molecule has 1 fully saturated rings. The molecule has 4 rings (SSSR count). The molecule has 1 aromatic heterocycles. The third-order valence-electron chi connectivity index (χ3n) is 5.59. The minimum absolute atomic E-state index is 0.0574. The molecule has 32 heavy (non-hydrogen) atoms. The van der Waals surface area contributed by atoms with Gasteiger partial charge in [0.05, 0.1) is 19.8 Å². The van der Waals surface area contributed by atoms with Crippen LogP contribution in [0.1, 0.15) is 38.8 Å². The number of nitrogens with zero attached hydrogens (tertiary/aromatic N) is 3. The second-order valence-electron chi connectivity index (χ2n) is 7.64. The van der Waals surface area contributed by atoms with Gasteiger partial charge in [0, 0.05) is 30.6 Å². The van der Waals surface area contributed by atoms with E-state index < -0.39 is 0 Å². The van der Waals surface area contributed by atoms with Crippen LogP contribution >= 0.6 is 11.3 Å². The van der Waals surface area contributed by atoms with E-state index in [2.05, 4.69) is 15.5 Å². The summed E-state index contributed by atoms with van der Waals surface area (Å²) in [5.74, 6) is 0.629. The lowest BCUT2D eigenvalue weighted by molar-refractivity contribution is -0.117. The first-order chi connectivity index (χ1) is 15.4. The van der Waals surface area contributed by atoms with Crippen LogP contribution in [0, 0.1) is 13.8 Å². The van der Waals surface area contributed by atoms with E-state index in [9.17, 15) is 9.59 Å². The van der Waals surface area contributed by atoms with E-state index >= 15 is 0 Å². The van der Waals surface area contributed by atoms with E-state index in [1.807, 2.05) is 32.0 Å². The van der Waals surface area contributed by atoms with Gasteiger partial charge in [0.1, 0.15) is 16.5 Å². The summed E-state index contributed by atoms with van der Waals surface area (Å²) in [5, 5.41) is 12.2. The Bertz CT molecular complexity index is 1180. The molecule has 2 aromatic carbocycles. The summed E-state index contributed by atoms with van der Waals surface area (Å²) < 4.78 is 10.5. The van der Waals surface area contributed by atoms with E-state index in [4.69, 9.17) is 9.47 Å². The second-order valence-corrected chi connectivity index (χ2v) is 8.65. The molecule has 8 nitrogen and oxygen atoms in total. The minimum atomic E-state index is -0.355. The lowest BCUT2D eigenvalue weighted by Crippen LogP contribution is -2.24. The lowest BCUT2D eigenvalue weighted by Gasteiger charge is -2.17. The summed E-state index contributed by atoms with van der Waals surface area (Å²) in [6.45, 7) is 4.62. The Morgan fingerprint density at radius 1 is 1.09 bits per heavy atom. The van der Waals surface area contributed by atoms with Crippen molar-refractivity contribution in [3.63, 3.8) is 0 Å². The van der Waals surface area contributed by atoms with Gasteiger partial charge >= 0.3 is 0 Å². The van der Waals surface area contributed by atoms with Gasteiger partial charge in [-0.25, -0.2) is 0 Å². The Kier molecular flexibility index (Phi) is 6.09. The van der Waals surface area contributed by atoms with E-state index in [1.54, 1.807) is 30.2 Å². The number of hydrogen-bond acceptors (Lipinski definition) is 7. The number of carbonyl (C=O) groups excluding carboxylic acids is 2. The van der Waals surface area contributed by atoms with Crippen LogP contribution in [0.2, 0.25) is 0 Å². The number of benzene rings is 2. The molecule has 2 heterocycles. The van der Waals surface area contributed by atoms with Crippen molar-refractivity contribution in [3.05, 3.63) is 58.1 Å². The molecule has 166 valence electrons.